The summed E-state index contributed by atoms with van der Waals surface area (Å²) in [6.45, 7) is 2.61. The molecule has 0 radical (unpaired) electrons. The maximum atomic E-state index is 12.1. The number of halogens is 1. The van der Waals surface area contributed by atoms with Gasteiger partial charge in [0.25, 0.3) is 5.91 Å². The Hall–Kier alpha value is -1.43. The van der Waals surface area contributed by atoms with Gasteiger partial charge >= 0.3 is 0 Å². The fraction of sp³-hybridized carbons (Fsp3) is 0.500. The number of amides is 1. The van der Waals surface area contributed by atoms with Crippen LogP contribution in [0.15, 0.2) is 12.1 Å². The van der Waals surface area contributed by atoms with Crippen LogP contribution in [0.4, 0.5) is 0 Å². The maximum absolute atomic E-state index is 12.1. The maximum Gasteiger partial charge on any atom is 0.251 e. The summed E-state index contributed by atoms with van der Waals surface area (Å²) >= 11 is 3.47. The fourth-order valence-corrected chi connectivity index (χ4v) is 1.82. The Labute approximate surface area is 127 Å². The first kappa shape index (κ1) is 16.6. The van der Waals surface area contributed by atoms with Crippen LogP contribution in [0.2, 0.25) is 0 Å². The highest BCUT2D eigenvalue weighted by Crippen LogP contribution is 2.38. The second-order valence-corrected chi connectivity index (χ2v) is 5.42. The second kappa shape index (κ2) is 7.99. The van der Waals surface area contributed by atoms with Gasteiger partial charge in [0.15, 0.2) is 11.5 Å². The third-order valence-corrected chi connectivity index (χ3v) is 3.83. The predicted molar refractivity (Wildman–Crippen MR) is 81.4 cm³/mol. The molecule has 6 heteroatoms. The molecule has 1 atom stereocenters. The van der Waals surface area contributed by atoms with Gasteiger partial charge in [0, 0.05) is 16.9 Å². The van der Waals surface area contributed by atoms with Crippen LogP contribution in [-0.2, 0) is 0 Å². The standard InChI is InChI=1S/C14H20BrNO4/c1-5-10(15)8-16-14(17)9-6-11(18-2)13(20-4)12(7-9)19-3/h6-7,10H,5,8H2,1-4H3,(H,16,17). The molecule has 0 fully saturated rings. The van der Waals surface area contributed by atoms with Crippen LogP contribution in [0.5, 0.6) is 17.2 Å². The summed E-state index contributed by atoms with van der Waals surface area (Å²) in [6, 6.07) is 3.26. The summed E-state index contributed by atoms with van der Waals surface area (Å²) in [7, 11) is 4.56. The third kappa shape index (κ3) is 4.03. The van der Waals surface area contributed by atoms with Crippen molar-refractivity contribution in [3.63, 3.8) is 0 Å². The zero-order chi connectivity index (χ0) is 15.1. The van der Waals surface area contributed by atoms with Crippen LogP contribution < -0.4 is 19.5 Å². The lowest BCUT2D eigenvalue weighted by Crippen LogP contribution is -2.29. The number of alkyl halides is 1. The number of carbonyl (C=O) groups is 1. The SMILES string of the molecule is CCC(Br)CNC(=O)c1cc(OC)c(OC)c(OC)c1. The molecule has 1 unspecified atom stereocenters. The minimum Gasteiger partial charge on any atom is -0.493 e. The van der Waals surface area contributed by atoms with Gasteiger partial charge in [-0.25, -0.2) is 0 Å². The normalized spacial score (nSPS) is 11.7. The molecule has 0 heterocycles. The minimum atomic E-state index is -0.179. The largest absolute Gasteiger partial charge is 0.493 e. The Morgan fingerprint density at radius 1 is 1.20 bits per heavy atom. The van der Waals surface area contributed by atoms with Crippen LogP contribution in [-0.4, -0.2) is 38.6 Å². The first-order valence-corrected chi connectivity index (χ1v) is 7.21. The van der Waals surface area contributed by atoms with Gasteiger partial charge < -0.3 is 19.5 Å². The first-order chi connectivity index (χ1) is 9.57. The van der Waals surface area contributed by atoms with E-state index in [2.05, 4.69) is 21.2 Å². The van der Waals surface area contributed by atoms with Crippen molar-refractivity contribution in [2.75, 3.05) is 27.9 Å². The molecule has 0 aliphatic heterocycles. The van der Waals surface area contributed by atoms with E-state index in [1.54, 1.807) is 12.1 Å². The smallest absolute Gasteiger partial charge is 0.251 e. The number of rotatable bonds is 7. The van der Waals surface area contributed by atoms with Crippen LogP contribution in [0.1, 0.15) is 23.7 Å². The molecule has 1 aromatic rings. The van der Waals surface area contributed by atoms with E-state index in [9.17, 15) is 4.79 Å². The van der Waals surface area contributed by atoms with Gasteiger partial charge in [-0.3, -0.25) is 4.79 Å². The van der Waals surface area contributed by atoms with Crippen molar-refractivity contribution in [2.24, 2.45) is 0 Å². The van der Waals surface area contributed by atoms with E-state index in [-0.39, 0.29) is 10.7 Å². The molecule has 1 rings (SSSR count). The van der Waals surface area contributed by atoms with Crippen molar-refractivity contribution >= 4 is 21.8 Å². The Morgan fingerprint density at radius 2 is 1.75 bits per heavy atom. The van der Waals surface area contributed by atoms with E-state index in [0.717, 1.165) is 6.42 Å². The Balaban J connectivity index is 2.97. The van der Waals surface area contributed by atoms with Gasteiger partial charge in [-0.05, 0) is 18.6 Å². The highest BCUT2D eigenvalue weighted by atomic mass is 79.9. The van der Waals surface area contributed by atoms with Crippen molar-refractivity contribution in [1.29, 1.82) is 0 Å². The number of carbonyl (C=O) groups excluding carboxylic acids is 1. The molecule has 0 saturated heterocycles. The van der Waals surface area contributed by atoms with Gasteiger partial charge in [0.2, 0.25) is 5.75 Å². The number of benzene rings is 1. The van der Waals surface area contributed by atoms with Gasteiger partial charge in [0.05, 0.1) is 21.3 Å². The van der Waals surface area contributed by atoms with Crippen LogP contribution in [0, 0.1) is 0 Å². The Morgan fingerprint density at radius 3 is 2.15 bits per heavy atom. The van der Waals surface area contributed by atoms with Crippen LogP contribution in [0.25, 0.3) is 0 Å². The molecule has 1 N–H and O–H groups in total. The highest BCUT2D eigenvalue weighted by molar-refractivity contribution is 9.09. The molecule has 1 aromatic carbocycles. The molecule has 0 aliphatic rings. The third-order valence-electron chi connectivity index (χ3n) is 2.85. The number of hydrogen-bond acceptors (Lipinski definition) is 4. The quantitative estimate of drug-likeness (QED) is 0.771. The number of nitrogens with one attached hydrogen (secondary N) is 1. The number of ether oxygens (including phenoxy) is 3. The lowest BCUT2D eigenvalue weighted by molar-refractivity contribution is 0.0953. The molecule has 0 aliphatic carbocycles. The molecular weight excluding hydrogens is 326 g/mol. The molecule has 0 saturated carbocycles. The monoisotopic (exact) mass is 345 g/mol. The summed E-state index contributed by atoms with van der Waals surface area (Å²) in [5, 5.41) is 2.85. The molecule has 1 amide bonds. The van der Waals surface area contributed by atoms with E-state index in [0.29, 0.717) is 29.4 Å². The first-order valence-electron chi connectivity index (χ1n) is 6.29. The van der Waals surface area contributed by atoms with E-state index < -0.39 is 0 Å². The van der Waals surface area contributed by atoms with E-state index in [4.69, 9.17) is 14.2 Å². The van der Waals surface area contributed by atoms with Crippen molar-refractivity contribution < 1.29 is 19.0 Å². The lowest BCUT2D eigenvalue weighted by Gasteiger charge is -2.14. The zero-order valence-electron chi connectivity index (χ0n) is 12.2. The second-order valence-electron chi connectivity index (χ2n) is 4.13. The van der Waals surface area contributed by atoms with Crippen molar-refractivity contribution in [3.05, 3.63) is 17.7 Å². The van der Waals surface area contributed by atoms with E-state index in [1.165, 1.54) is 21.3 Å². The zero-order valence-corrected chi connectivity index (χ0v) is 13.7. The summed E-state index contributed by atoms with van der Waals surface area (Å²) in [4.78, 5) is 12.4. The van der Waals surface area contributed by atoms with Crippen molar-refractivity contribution in [3.8, 4) is 17.2 Å². The molecule has 112 valence electrons. The van der Waals surface area contributed by atoms with Gasteiger partial charge in [0.1, 0.15) is 0 Å². The van der Waals surface area contributed by atoms with Crippen LogP contribution in [0.3, 0.4) is 0 Å². The average molecular weight is 346 g/mol. The highest BCUT2D eigenvalue weighted by Gasteiger charge is 2.17. The van der Waals surface area contributed by atoms with Crippen molar-refractivity contribution in [1.82, 2.24) is 5.32 Å². The van der Waals surface area contributed by atoms with Crippen molar-refractivity contribution in [2.45, 2.75) is 18.2 Å². The van der Waals surface area contributed by atoms with E-state index in [1.807, 2.05) is 6.92 Å². The summed E-state index contributed by atoms with van der Waals surface area (Å²) in [5.74, 6) is 1.21. The van der Waals surface area contributed by atoms with Gasteiger partial charge in [-0.15, -0.1) is 0 Å². The number of hydrogen-bond donors (Lipinski definition) is 1. The van der Waals surface area contributed by atoms with Gasteiger partial charge in [-0.2, -0.15) is 0 Å². The molecule has 0 aromatic heterocycles. The molecule has 5 nitrogen and oxygen atoms in total. The topological polar surface area (TPSA) is 56.8 Å². The molecule has 0 bridgehead atoms. The van der Waals surface area contributed by atoms with Crippen LogP contribution >= 0.6 is 15.9 Å². The van der Waals surface area contributed by atoms with E-state index >= 15 is 0 Å². The fourth-order valence-electron chi connectivity index (χ4n) is 1.66. The summed E-state index contributed by atoms with van der Waals surface area (Å²) < 4.78 is 15.7. The van der Waals surface area contributed by atoms with Gasteiger partial charge in [-0.1, -0.05) is 22.9 Å². The molecule has 0 spiro atoms. The average Bonchev–Trinajstić information content (AvgIpc) is 2.50. The summed E-state index contributed by atoms with van der Waals surface area (Å²) in [5.41, 5.74) is 0.468. The number of methoxy groups -OCH3 is 3. The molecule has 20 heavy (non-hydrogen) atoms. The minimum absolute atomic E-state index is 0.179. The summed E-state index contributed by atoms with van der Waals surface area (Å²) in [6.07, 6.45) is 0.940. The predicted octanol–water partition coefficient (Wildman–Crippen LogP) is 2.62. The lowest BCUT2D eigenvalue weighted by atomic mass is 10.1. The molecular formula is C14H20BrNO4. The Bertz CT molecular complexity index is 439. The Kier molecular flexibility index (Phi) is 6.64.